The maximum atomic E-state index is 6.68. The van der Waals surface area contributed by atoms with Gasteiger partial charge in [-0.05, 0) is 75.1 Å². The van der Waals surface area contributed by atoms with Gasteiger partial charge in [0.1, 0.15) is 33.7 Å². The predicted octanol–water partition coefficient (Wildman–Crippen LogP) is 11.9. The summed E-state index contributed by atoms with van der Waals surface area (Å²) in [5.74, 6) is 0.846. The Morgan fingerprint density at radius 2 is 0.814 bits per heavy atom. The van der Waals surface area contributed by atoms with Crippen LogP contribution in [0.4, 0.5) is 0 Å². The van der Waals surface area contributed by atoms with E-state index in [0.29, 0.717) is 0 Å². The average Bonchev–Trinajstić information content (AvgIpc) is 3.74. The van der Waals surface area contributed by atoms with Gasteiger partial charge < -0.3 is 13.3 Å². The molecule has 7 aromatic carbocycles. The predicted molar refractivity (Wildman–Crippen MR) is 177 cm³/mol. The van der Waals surface area contributed by atoms with Crippen molar-refractivity contribution >= 4 is 76.4 Å². The summed E-state index contributed by atoms with van der Waals surface area (Å²) in [4.78, 5) is 0. The van der Waals surface area contributed by atoms with E-state index in [1.807, 2.05) is 30.3 Å². The van der Waals surface area contributed by atoms with Crippen LogP contribution in [0, 0.1) is 0 Å². The monoisotopic (exact) mass is 550 g/mol. The Kier molecular flexibility index (Phi) is 4.45. The molecule has 0 aliphatic heterocycles. The zero-order valence-corrected chi connectivity index (χ0v) is 22.9. The molecule has 200 valence electrons. The lowest BCUT2D eigenvalue weighted by Crippen LogP contribution is -1.89. The summed E-state index contributed by atoms with van der Waals surface area (Å²) >= 11 is 0. The topological polar surface area (TPSA) is 39.4 Å². The molecule has 10 aromatic rings. The van der Waals surface area contributed by atoms with Gasteiger partial charge >= 0.3 is 0 Å². The molecule has 3 heteroatoms. The zero-order valence-electron chi connectivity index (χ0n) is 22.9. The first-order valence-corrected chi connectivity index (χ1v) is 14.5. The van der Waals surface area contributed by atoms with Crippen molar-refractivity contribution in [3.8, 4) is 22.5 Å². The molecule has 3 heterocycles. The van der Waals surface area contributed by atoms with E-state index in [0.717, 1.165) is 82.5 Å². The summed E-state index contributed by atoms with van der Waals surface area (Å²) in [7, 11) is 0. The van der Waals surface area contributed by atoms with E-state index in [-0.39, 0.29) is 0 Å². The molecule has 0 radical (unpaired) electrons. The van der Waals surface area contributed by atoms with Gasteiger partial charge in [0.15, 0.2) is 0 Å². The van der Waals surface area contributed by atoms with Gasteiger partial charge in [-0.3, -0.25) is 0 Å². The van der Waals surface area contributed by atoms with E-state index in [1.165, 1.54) is 16.3 Å². The Labute approximate surface area is 245 Å². The number of rotatable bonds is 2. The van der Waals surface area contributed by atoms with E-state index in [2.05, 4.69) is 103 Å². The lowest BCUT2D eigenvalue weighted by Gasteiger charge is -2.16. The highest BCUT2D eigenvalue weighted by molar-refractivity contribution is 6.22. The number of hydrogen-bond donors (Lipinski definition) is 0. The van der Waals surface area contributed by atoms with Gasteiger partial charge in [0.2, 0.25) is 0 Å². The zero-order chi connectivity index (χ0) is 28.1. The Bertz CT molecular complexity index is 2680. The molecule has 0 saturated carbocycles. The van der Waals surface area contributed by atoms with Gasteiger partial charge in [-0.2, -0.15) is 0 Å². The van der Waals surface area contributed by atoms with Crippen LogP contribution in [0.25, 0.3) is 98.8 Å². The van der Waals surface area contributed by atoms with E-state index >= 15 is 0 Å². The van der Waals surface area contributed by atoms with Crippen LogP contribution in [0.2, 0.25) is 0 Å². The van der Waals surface area contributed by atoms with Gasteiger partial charge in [0.25, 0.3) is 0 Å². The smallest absolute Gasteiger partial charge is 0.136 e. The maximum Gasteiger partial charge on any atom is 0.136 e. The normalized spacial score (nSPS) is 12.2. The average molecular weight is 551 g/mol. The van der Waals surface area contributed by atoms with Gasteiger partial charge in [-0.25, -0.2) is 0 Å². The first kappa shape index (κ1) is 22.8. The molecule has 0 aliphatic rings. The molecule has 10 rings (SSSR count). The van der Waals surface area contributed by atoms with Crippen molar-refractivity contribution in [2.24, 2.45) is 0 Å². The van der Waals surface area contributed by atoms with Crippen molar-refractivity contribution in [1.82, 2.24) is 0 Å². The molecule has 0 amide bonds. The van der Waals surface area contributed by atoms with Crippen molar-refractivity contribution in [2.75, 3.05) is 0 Å². The third-order valence-corrected chi connectivity index (χ3v) is 8.86. The van der Waals surface area contributed by atoms with Crippen LogP contribution >= 0.6 is 0 Å². The molecule has 0 atom stereocenters. The first-order chi connectivity index (χ1) is 21.3. The Balaban J connectivity index is 1.25. The van der Waals surface area contributed by atoms with E-state index < -0.39 is 0 Å². The molecule has 0 fully saturated rings. The van der Waals surface area contributed by atoms with Crippen LogP contribution in [-0.4, -0.2) is 0 Å². The fraction of sp³-hybridized carbons (Fsp3) is 0. The summed E-state index contributed by atoms with van der Waals surface area (Å²) in [6.45, 7) is 0. The summed E-state index contributed by atoms with van der Waals surface area (Å²) in [6.07, 6.45) is 0. The quantitative estimate of drug-likeness (QED) is 0.201. The van der Waals surface area contributed by atoms with Crippen molar-refractivity contribution in [2.45, 2.75) is 0 Å². The van der Waals surface area contributed by atoms with Crippen molar-refractivity contribution < 1.29 is 13.3 Å². The van der Waals surface area contributed by atoms with Crippen LogP contribution in [0.3, 0.4) is 0 Å². The largest absolute Gasteiger partial charge is 0.456 e. The minimum atomic E-state index is 0.846. The highest BCUT2D eigenvalue weighted by atomic mass is 16.3. The molecule has 0 saturated heterocycles. The highest BCUT2D eigenvalue weighted by Crippen LogP contribution is 2.46. The number of fused-ring (bicyclic) bond motifs is 9. The van der Waals surface area contributed by atoms with Crippen molar-refractivity contribution in [3.05, 3.63) is 133 Å². The van der Waals surface area contributed by atoms with Crippen LogP contribution in [0.15, 0.2) is 147 Å². The molecular formula is C40H22O3. The number of hydrogen-bond acceptors (Lipinski definition) is 3. The Hall–Kier alpha value is -5.80. The van der Waals surface area contributed by atoms with Gasteiger partial charge in [-0.15, -0.1) is 0 Å². The highest BCUT2D eigenvalue weighted by Gasteiger charge is 2.20. The standard InChI is InChI=1S/C40H22O3/c1-3-13-30-28(11-1)39(23-17-18-27-25-9-5-7-15-33(25)41-36(27)19-23)29-12-2-4-14-31(29)40(30)38-21-24-20-37-32(22-35(24)43-38)26-10-6-8-16-34(26)42-37/h1-22H. The second-order valence-corrected chi connectivity index (χ2v) is 11.2. The van der Waals surface area contributed by atoms with Gasteiger partial charge in [0.05, 0.1) is 0 Å². The van der Waals surface area contributed by atoms with Crippen LogP contribution in [-0.2, 0) is 0 Å². The number of benzene rings is 7. The molecule has 43 heavy (non-hydrogen) atoms. The fourth-order valence-electron chi connectivity index (χ4n) is 6.97. The van der Waals surface area contributed by atoms with E-state index in [4.69, 9.17) is 13.3 Å². The SMILES string of the molecule is c1ccc2c(c1)oc1cc(-c3c4ccccc4c(-c4cc5cc6oc7ccccc7c6cc5o4)c4ccccc34)ccc12. The molecule has 3 nitrogen and oxygen atoms in total. The van der Waals surface area contributed by atoms with E-state index in [1.54, 1.807) is 0 Å². The summed E-state index contributed by atoms with van der Waals surface area (Å²) < 4.78 is 19.2. The van der Waals surface area contributed by atoms with Crippen molar-refractivity contribution in [1.29, 1.82) is 0 Å². The molecule has 0 unspecified atom stereocenters. The summed E-state index contributed by atoms with van der Waals surface area (Å²) in [5.41, 5.74) is 7.82. The lowest BCUT2D eigenvalue weighted by atomic mass is 9.87. The van der Waals surface area contributed by atoms with Gasteiger partial charge in [-0.1, -0.05) is 91.0 Å². The molecular weight excluding hydrogens is 528 g/mol. The molecule has 0 N–H and O–H groups in total. The third-order valence-electron chi connectivity index (χ3n) is 8.86. The van der Waals surface area contributed by atoms with Crippen LogP contribution in [0.1, 0.15) is 0 Å². The summed E-state index contributed by atoms with van der Waals surface area (Å²) in [6, 6.07) is 46.6. The second kappa shape index (κ2) is 8.37. The maximum absolute atomic E-state index is 6.68. The fourth-order valence-corrected chi connectivity index (χ4v) is 6.97. The second-order valence-electron chi connectivity index (χ2n) is 11.2. The Morgan fingerprint density at radius 1 is 0.302 bits per heavy atom. The van der Waals surface area contributed by atoms with Gasteiger partial charge in [0, 0.05) is 32.5 Å². The molecule has 0 spiro atoms. The minimum absolute atomic E-state index is 0.846. The van der Waals surface area contributed by atoms with Crippen LogP contribution in [0.5, 0.6) is 0 Å². The minimum Gasteiger partial charge on any atom is -0.456 e. The molecule has 0 bridgehead atoms. The number of para-hydroxylation sites is 2. The third kappa shape index (κ3) is 3.19. The van der Waals surface area contributed by atoms with Crippen molar-refractivity contribution in [3.63, 3.8) is 0 Å². The first-order valence-electron chi connectivity index (χ1n) is 14.5. The number of furan rings is 3. The molecule has 3 aromatic heterocycles. The summed E-state index contributed by atoms with van der Waals surface area (Å²) in [5, 5.41) is 10.1. The van der Waals surface area contributed by atoms with Crippen LogP contribution < -0.4 is 0 Å². The molecule has 0 aliphatic carbocycles. The Morgan fingerprint density at radius 3 is 1.47 bits per heavy atom. The lowest BCUT2D eigenvalue weighted by molar-refractivity contribution is 0.633. The van der Waals surface area contributed by atoms with E-state index in [9.17, 15) is 0 Å².